The molecule has 0 saturated heterocycles. The summed E-state index contributed by atoms with van der Waals surface area (Å²) in [5.74, 6) is 1.54. The van der Waals surface area contributed by atoms with E-state index < -0.39 is 23.8 Å². The molecule has 0 heterocycles. The fourth-order valence-corrected chi connectivity index (χ4v) is 2.88. The lowest BCUT2D eigenvalue weighted by Gasteiger charge is -2.18. The molecule has 0 spiro atoms. The topological polar surface area (TPSA) is 87.3 Å². The largest absolute Gasteiger partial charge is 0.345 e. The first-order valence-electron chi connectivity index (χ1n) is 7.61. The summed E-state index contributed by atoms with van der Waals surface area (Å²) in [4.78, 5) is 36.3. The van der Waals surface area contributed by atoms with Crippen molar-refractivity contribution in [2.45, 2.75) is 12.5 Å². The Morgan fingerprint density at radius 1 is 1.27 bits per heavy atom. The van der Waals surface area contributed by atoms with E-state index in [1.807, 2.05) is 6.26 Å². The second kappa shape index (κ2) is 11.7. The van der Waals surface area contributed by atoms with Crippen molar-refractivity contribution < 1.29 is 14.4 Å². The maximum Gasteiger partial charge on any atom is 0.253 e. The van der Waals surface area contributed by atoms with E-state index in [0.717, 1.165) is 0 Å². The van der Waals surface area contributed by atoms with Crippen LogP contribution in [0.4, 0.5) is 0 Å². The predicted octanol–water partition coefficient (Wildman–Crippen LogP) is 1.71. The molecule has 0 saturated carbocycles. The molecule has 140 valence electrons. The molecule has 1 unspecified atom stereocenters. The van der Waals surface area contributed by atoms with Gasteiger partial charge < -0.3 is 16.0 Å². The van der Waals surface area contributed by atoms with Crippen molar-refractivity contribution in [1.82, 2.24) is 16.0 Å². The molecule has 9 heteroatoms. The van der Waals surface area contributed by atoms with E-state index in [2.05, 4.69) is 21.9 Å². The fraction of sp³-hybridized carbons (Fsp3) is 0.353. The van der Waals surface area contributed by atoms with Gasteiger partial charge in [-0.25, -0.2) is 0 Å². The molecule has 1 aromatic carbocycles. The van der Waals surface area contributed by atoms with Crippen LogP contribution >= 0.6 is 35.0 Å². The zero-order valence-corrected chi connectivity index (χ0v) is 16.4. The first kappa shape index (κ1) is 22.2. The van der Waals surface area contributed by atoms with Crippen LogP contribution in [0.5, 0.6) is 0 Å². The van der Waals surface area contributed by atoms with Gasteiger partial charge in [0.15, 0.2) is 0 Å². The molecule has 1 aromatic rings. The highest BCUT2D eigenvalue weighted by Gasteiger charge is 2.22. The summed E-state index contributed by atoms with van der Waals surface area (Å²) in [6.45, 7) is -0.149. The third-order valence-corrected chi connectivity index (χ3v) is 4.41. The van der Waals surface area contributed by atoms with Gasteiger partial charge in [0.1, 0.15) is 6.04 Å². The van der Waals surface area contributed by atoms with Gasteiger partial charge >= 0.3 is 0 Å². The lowest BCUT2D eigenvalue weighted by atomic mass is 10.1. The van der Waals surface area contributed by atoms with Crippen LogP contribution in [-0.4, -0.2) is 48.9 Å². The van der Waals surface area contributed by atoms with Crippen molar-refractivity contribution in [2.24, 2.45) is 0 Å². The van der Waals surface area contributed by atoms with Crippen LogP contribution in [0.25, 0.3) is 0 Å². The highest BCUT2D eigenvalue weighted by Crippen LogP contribution is 2.21. The Morgan fingerprint density at radius 2 is 2.00 bits per heavy atom. The summed E-state index contributed by atoms with van der Waals surface area (Å²) in [7, 11) is 0. The minimum absolute atomic E-state index is 0.0798. The van der Waals surface area contributed by atoms with Crippen LogP contribution in [0, 0.1) is 12.3 Å². The minimum Gasteiger partial charge on any atom is -0.345 e. The van der Waals surface area contributed by atoms with Gasteiger partial charge in [-0.05, 0) is 36.6 Å². The standard InChI is InChI=1S/C17H19Cl2N3O3S/c1-3-7-20-15(23)10-21-17(25)14(6-8-26-2)22-16(24)12-5-4-11(18)9-13(12)19/h1,4-5,9,14H,6-8,10H2,2H3,(H,20,23)(H,21,25)(H,22,24). The van der Waals surface area contributed by atoms with Gasteiger partial charge in [-0.3, -0.25) is 14.4 Å². The number of halogens is 2. The number of amides is 3. The lowest BCUT2D eigenvalue weighted by Crippen LogP contribution is -2.49. The van der Waals surface area contributed by atoms with Gasteiger partial charge in [-0.15, -0.1) is 6.42 Å². The van der Waals surface area contributed by atoms with E-state index in [4.69, 9.17) is 29.6 Å². The van der Waals surface area contributed by atoms with Crippen LogP contribution in [0.3, 0.4) is 0 Å². The number of rotatable bonds is 9. The molecule has 0 fully saturated rings. The van der Waals surface area contributed by atoms with E-state index in [1.165, 1.54) is 30.0 Å². The van der Waals surface area contributed by atoms with Crippen LogP contribution in [-0.2, 0) is 9.59 Å². The first-order valence-corrected chi connectivity index (χ1v) is 9.76. The zero-order valence-electron chi connectivity index (χ0n) is 14.1. The smallest absolute Gasteiger partial charge is 0.253 e. The summed E-state index contributed by atoms with van der Waals surface area (Å²) >= 11 is 13.4. The second-order valence-electron chi connectivity index (χ2n) is 5.13. The van der Waals surface area contributed by atoms with Crippen LogP contribution < -0.4 is 16.0 Å². The molecule has 0 radical (unpaired) electrons. The average molecular weight is 416 g/mol. The number of thioether (sulfide) groups is 1. The number of nitrogens with one attached hydrogen (secondary N) is 3. The van der Waals surface area contributed by atoms with E-state index >= 15 is 0 Å². The van der Waals surface area contributed by atoms with Crippen LogP contribution in [0.1, 0.15) is 16.8 Å². The summed E-state index contributed by atoms with van der Waals surface area (Å²) in [5.41, 5.74) is 0.213. The number of terminal acetylenes is 1. The third kappa shape index (κ3) is 7.56. The average Bonchev–Trinajstić information content (AvgIpc) is 2.61. The van der Waals surface area contributed by atoms with Gasteiger partial charge in [0.2, 0.25) is 11.8 Å². The molecule has 1 rings (SSSR count). The quantitative estimate of drug-likeness (QED) is 0.535. The van der Waals surface area contributed by atoms with Gasteiger partial charge in [0.25, 0.3) is 5.91 Å². The Hall–Kier alpha value is -1.88. The molecule has 0 aromatic heterocycles. The van der Waals surface area contributed by atoms with Crippen molar-refractivity contribution >= 4 is 52.7 Å². The third-order valence-electron chi connectivity index (χ3n) is 3.22. The Bertz CT molecular complexity index is 707. The van der Waals surface area contributed by atoms with Gasteiger partial charge in [0.05, 0.1) is 23.7 Å². The maximum atomic E-state index is 12.4. The lowest BCUT2D eigenvalue weighted by molar-refractivity contribution is -0.127. The second-order valence-corrected chi connectivity index (χ2v) is 6.96. The van der Waals surface area contributed by atoms with Crippen molar-refractivity contribution in [2.75, 3.05) is 25.1 Å². The summed E-state index contributed by atoms with van der Waals surface area (Å²) < 4.78 is 0. The summed E-state index contributed by atoms with van der Waals surface area (Å²) in [6, 6.07) is 3.67. The minimum atomic E-state index is -0.804. The van der Waals surface area contributed by atoms with Gasteiger partial charge in [-0.2, -0.15) is 11.8 Å². The van der Waals surface area contributed by atoms with Crippen molar-refractivity contribution in [3.8, 4) is 12.3 Å². The Morgan fingerprint density at radius 3 is 2.62 bits per heavy atom. The van der Waals surface area contributed by atoms with Gasteiger partial charge in [-0.1, -0.05) is 29.1 Å². The van der Waals surface area contributed by atoms with E-state index in [-0.39, 0.29) is 23.7 Å². The zero-order chi connectivity index (χ0) is 19.5. The van der Waals surface area contributed by atoms with E-state index in [1.54, 1.807) is 0 Å². The SMILES string of the molecule is C#CCNC(=O)CNC(=O)C(CCSC)NC(=O)c1ccc(Cl)cc1Cl. The number of carbonyl (C=O) groups is 3. The molecule has 1 atom stereocenters. The predicted molar refractivity (Wildman–Crippen MR) is 106 cm³/mol. The van der Waals surface area contributed by atoms with Crippen molar-refractivity contribution in [3.63, 3.8) is 0 Å². The molecule has 0 aliphatic rings. The number of benzene rings is 1. The molecule has 3 amide bonds. The Kier molecular flexibility index (Phi) is 9.96. The molecule has 0 bridgehead atoms. The van der Waals surface area contributed by atoms with Crippen LogP contribution in [0.2, 0.25) is 10.0 Å². The van der Waals surface area contributed by atoms with Gasteiger partial charge in [0, 0.05) is 5.02 Å². The first-order chi connectivity index (χ1) is 12.4. The highest BCUT2D eigenvalue weighted by atomic mass is 35.5. The maximum absolute atomic E-state index is 12.4. The molecule has 6 nitrogen and oxygen atoms in total. The monoisotopic (exact) mass is 415 g/mol. The normalized spacial score (nSPS) is 11.2. The summed E-state index contributed by atoms with van der Waals surface area (Å²) in [5, 5.41) is 8.15. The Balaban J connectivity index is 2.73. The fourth-order valence-electron chi connectivity index (χ4n) is 1.92. The van der Waals surface area contributed by atoms with E-state index in [9.17, 15) is 14.4 Å². The number of hydrogen-bond acceptors (Lipinski definition) is 4. The molecular formula is C17H19Cl2N3O3S. The summed E-state index contributed by atoms with van der Waals surface area (Å²) in [6.07, 6.45) is 7.33. The highest BCUT2D eigenvalue weighted by molar-refractivity contribution is 7.98. The molecule has 3 N–H and O–H groups in total. The number of carbonyl (C=O) groups excluding carboxylic acids is 3. The number of hydrogen-bond donors (Lipinski definition) is 3. The van der Waals surface area contributed by atoms with E-state index in [0.29, 0.717) is 17.2 Å². The van der Waals surface area contributed by atoms with Crippen molar-refractivity contribution in [3.05, 3.63) is 33.8 Å². The molecule has 0 aliphatic heterocycles. The molecular weight excluding hydrogens is 397 g/mol. The van der Waals surface area contributed by atoms with Crippen molar-refractivity contribution in [1.29, 1.82) is 0 Å². The molecule has 26 heavy (non-hydrogen) atoms. The Labute approximate surface area is 166 Å². The molecule has 0 aliphatic carbocycles. The van der Waals surface area contributed by atoms with Crippen LogP contribution in [0.15, 0.2) is 18.2 Å².